The predicted octanol–water partition coefficient (Wildman–Crippen LogP) is 5.38. The van der Waals surface area contributed by atoms with Crippen LogP contribution < -0.4 is 4.72 Å². The van der Waals surface area contributed by atoms with Gasteiger partial charge in [-0.1, -0.05) is 23.7 Å². The van der Waals surface area contributed by atoms with E-state index in [0.717, 1.165) is 23.3 Å². The highest BCUT2D eigenvalue weighted by atomic mass is 35.5. The number of aromatic nitrogens is 1. The number of ketones is 1. The number of carbonyl (C=O) groups excluding carboxylic acids is 1. The average Bonchev–Trinajstić information content (AvgIpc) is 2.82. The van der Waals surface area contributed by atoms with Crippen LogP contribution in [0.15, 0.2) is 66.9 Å². The van der Waals surface area contributed by atoms with E-state index in [1.54, 1.807) is 30.5 Å². The van der Waals surface area contributed by atoms with E-state index in [9.17, 15) is 17.9 Å². The zero-order valence-electron chi connectivity index (χ0n) is 17.7. The van der Waals surface area contributed by atoms with Crippen LogP contribution in [-0.4, -0.2) is 26.1 Å². The summed E-state index contributed by atoms with van der Waals surface area (Å²) in [6, 6.07) is 15.8. The van der Waals surface area contributed by atoms with E-state index in [4.69, 9.17) is 11.6 Å². The van der Waals surface area contributed by atoms with Gasteiger partial charge in [-0.2, -0.15) is 0 Å². The average molecular weight is 500 g/mol. The fourth-order valence-electron chi connectivity index (χ4n) is 3.66. The third kappa shape index (κ3) is 5.53. The van der Waals surface area contributed by atoms with Gasteiger partial charge in [-0.3, -0.25) is 14.0 Å². The number of nitrogens with one attached hydrogen (secondary N) is 1. The number of aryl methyl sites for hydroxylation is 1. The van der Waals surface area contributed by atoms with E-state index >= 15 is 4.39 Å². The fraction of sp³-hybridized carbons (Fsp3) is 0.120. The molecule has 34 heavy (non-hydrogen) atoms. The molecule has 0 spiro atoms. The number of halogens is 3. The molecule has 9 heteroatoms. The van der Waals surface area contributed by atoms with Crippen molar-refractivity contribution in [3.8, 4) is 11.1 Å². The van der Waals surface area contributed by atoms with E-state index in [-0.39, 0.29) is 36.1 Å². The van der Waals surface area contributed by atoms with Gasteiger partial charge in [0.05, 0.1) is 11.1 Å². The molecule has 0 aliphatic carbocycles. The highest BCUT2D eigenvalue weighted by molar-refractivity contribution is 7.77. The Balaban J connectivity index is 1.64. The number of nitrogens with zero attached hydrogens (tertiary/aromatic N) is 1. The summed E-state index contributed by atoms with van der Waals surface area (Å²) in [5.41, 5.74) is 2.19. The molecule has 0 saturated heterocycles. The van der Waals surface area contributed by atoms with Gasteiger partial charge in [0.25, 0.3) is 0 Å². The van der Waals surface area contributed by atoms with Gasteiger partial charge in [0.1, 0.15) is 11.6 Å². The Morgan fingerprint density at radius 1 is 1.03 bits per heavy atom. The number of rotatable bonds is 8. The van der Waals surface area contributed by atoms with Crippen molar-refractivity contribution < 1.29 is 22.3 Å². The molecular weight excluding hydrogens is 482 g/mol. The first-order valence-corrected chi connectivity index (χ1v) is 11.8. The molecule has 1 heterocycles. The molecule has 1 atom stereocenters. The van der Waals surface area contributed by atoms with Gasteiger partial charge in [-0.05, 0) is 72.5 Å². The zero-order chi connectivity index (χ0) is 24.2. The second-order valence-electron chi connectivity index (χ2n) is 7.63. The number of hydrogen-bond donors (Lipinski definition) is 1. The number of benzene rings is 3. The number of carbonyl (C=O) groups is 1. The van der Waals surface area contributed by atoms with Crippen LogP contribution in [-0.2, 0) is 17.7 Å². The molecular formula is C25H18ClF2N2O3S-. The van der Waals surface area contributed by atoms with Crippen molar-refractivity contribution in [1.82, 2.24) is 9.71 Å². The van der Waals surface area contributed by atoms with Crippen LogP contribution in [0.4, 0.5) is 8.78 Å². The van der Waals surface area contributed by atoms with Gasteiger partial charge in [0, 0.05) is 45.5 Å². The van der Waals surface area contributed by atoms with Crippen molar-refractivity contribution in [2.75, 3.05) is 6.54 Å². The topological polar surface area (TPSA) is 82.1 Å². The van der Waals surface area contributed by atoms with Gasteiger partial charge < -0.3 is 4.55 Å². The Morgan fingerprint density at radius 3 is 2.53 bits per heavy atom. The Kier molecular flexibility index (Phi) is 7.43. The van der Waals surface area contributed by atoms with Crippen molar-refractivity contribution in [1.29, 1.82) is 0 Å². The molecule has 1 N–H and O–H groups in total. The molecule has 1 aromatic heterocycles. The molecule has 4 rings (SSSR count). The number of pyridine rings is 1. The minimum atomic E-state index is -2.43. The van der Waals surface area contributed by atoms with E-state index in [0.29, 0.717) is 15.9 Å². The van der Waals surface area contributed by atoms with E-state index in [2.05, 4.69) is 9.71 Å². The Hall–Kier alpha value is -3.04. The summed E-state index contributed by atoms with van der Waals surface area (Å²) < 4.78 is 52.5. The summed E-state index contributed by atoms with van der Waals surface area (Å²) >= 11 is 3.52. The summed E-state index contributed by atoms with van der Waals surface area (Å²) in [4.78, 5) is 17.5. The molecule has 0 radical (unpaired) electrons. The largest absolute Gasteiger partial charge is 0.760 e. The van der Waals surface area contributed by atoms with Crippen molar-refractivity contribution in [3.63, 3.8) is 0 Å². The Bertz CT molecular complexity index is 1400. The van der Waals surface area contributed by atoms with E-state index in [1.165, 1.54) is 6.07 Å². The molecule has 0 aliphatic heterocycles. The molecule has 0 aliphatic rings. The SMILES string of the molecule is O=C(c1ccc2ncc(-c3ccc(Cl)cc3)cc2c1)c1cc(F)cc(CCCNS(=O)[O-])c1F. The first-order chi connectivity index (χ1) is 16.3. The smallest absolute Gasteiger partial charge is 0.196 e. The second kappa shape index (κ2) is 10.5. The fourth-order valence-corrected chi connectivity index (χ4v) is 4.09. The maximum absolute atomic E-state index is 15.1. The minimum Gasteiger partial charge on any atom is -0.760 e. The normalized spacial score (nSPS) is 12.1. The lowest BCUT2D eigenvalue weighted by Crippen LogP contribution is -2.18. The highest BCUT2D eigenvalue weighted by Gasteiger charge is 2.19. The zero-order valence-corrected chi connectivity index (χ0v) is 19.3. The number of fused-ring (bicyclic) bond motifs is 1. The summed E-state index contributed by atoms with van der Waals surface area (Å²) in [7, 11) is 0. The summed E-state index contributed by atoms with van der Waals surface area (Å²) in [6.07, 6.45) is 2.03. The molecule has 3 aromatic carbocycles. The van der Waals surface area contributed by atoms with Gasteiger partial charge in [0.15, 0.2) is 5.78 Å². The van der Waals surface area contributed by atoms with Crippen LogP contribution in [0, 0.1) is 11.6 Å². The van der Waals surface area contributed by atoms with E-state index < -0.39 is 28.7 Å². The third-order valence-electron chi connectivity index (χ3n) is 5.32. The van der Waals surface area contributed by atoms with Crippen molar-refractivity contribution in [2.24, 2.45) is 0 Å². The Labute approximate surface area is 202 Å². The summed E-state index contributed by atoms with van der Waals surface area (Å²) in [5, 5.41) is 1.28. The monoisotopic (exact) mass is 499 g/mol. The lowest BCUT2D eigenvalue weighted by atomic mass is 9.97. The minimum absolute atomic E-state index is 0.00862. The predicted molar refractivity (Wildman–Crippen MR) is 127 cm³/mol. The van der Waals surface area contributed by atoms with Crippen LogP contribution >= 0.6 is 11.6 Å². The van der Waals surface area contributed by atoms with Crippen molar-refractivity contribution in [2.45, 2.75) is 12.8 Å². The van der Waals surface area contributed by atoms with Gasteiger partial charge in [0.2, 0.25) is 0 Å². The van der Waals surface area contributed by atoms with E-state index in [1.807, 2.05) is 18.2 Å². The third-order valence-corrected chi connectivity index (χ3v) is 6.01. The summed E-state index contributed by atoms with van der Waals surface area (Å²) in [5.74, 6) is -2.22. The molecule has 0 amide bonds. The molecule has 174 valence electrons. The Morgan fingerprint density at radius 2 is 1.79 bits per heavy atom. The highest BCUT2D eigenvalue weighted by Crippen LogP contribution is 2.26. The van der Waals surface area contributed by atoms with Crippen LogP contribution in [0.3, 0.4) is 0 Å². The van der Waals surface area contributed by atoms with Crippen molar-refractivity contribution >= 4 is 39.6 Å². The molecule has 0 saturated carbocycles. The first kappa shape index (κ1) is 24.1. The van der Waals surface area contributed by atoms with Crippen LogP contribution in [0.2, 0.25) is 5.02 Å². The summed E-state index contributed by atoms with van der Waals surface area (Å²) in [6.45, 7) is 0.0724. The van der Waals surface area contributed by atoms with Crippen molar-refractivity contribution in [3.05, 3.63) is 100 Å². The van der Waals surface area contributed by atoms with Gasteiger partial charge >= 0.3 is 0 Å². The molecule has 0 fully saturated rings. The molecule has 4 aromatic rings. The maximum Gasteiger partial charge on any atom is 0.196 e. The van der Waals surface area contributed by atoms with Gasteiger partial charge in [-0.25, -0.2) is 13.5 Å². The quantitative estimate of drug-likeness (QED) is 0.200. The first-order valence-electron chi connectivity index (χ1n) is 10.3. The lowest BCUT2D eigenvalue weighted by molar-refractivity contribution is 0.103. The second-order valence-corrected chi connectivity index (χ2v) is 8.82. The lowest BCUT2D eigenvalue weighted by Gasteiger charge is -2.11. The van der Waals surface area contributed by atoms with Gasteiger partial charge in [-0.15, -0.1) is 0 Å². The maximum atomic E-state index is 15.1. The standard InChI is InChI=1S/C25H19ClF2N2O3S/c26-20-6-3-15(4-7-20)19-11-18-10-17(5-8-23(18)29-14-19)25(31)22-13-21(27)12-16(24(22)28)2-1-9-30-34(32)33/h3-8,10-14,30H,1-2,9H2,(H,32,33)/p-1. The molecule has 0 bridgehead atoms. The number of hydrogen-bond acceptors (Lipinski definition) is 4. The van der Waals surface area contributed by atoms with Crippen LogP contribution in [0.25, 0.3) is 22.0 Å². The molecule has 1 unspecified atom stereocenters. The van der Waals surface area contributed by atoms with Crippen LogP contribution in [0.5, 0.6) is 0 Å². The molecule has 5 nitrogen and oxygen atoms in total. The van der Waals surface area contributed by atoms with Crippen LogP contribution in [0.1, 0.15) is 27.9 Å².